The first-order valence-corrected chi connectivity index (χ1v) is 6.44. The van der Waals surface area contributed by atoms with Gasteiger partial charge in [-0.3, -0.25) is 4.79 Å². The first kappa shape index (κ1) is 13.1. The Hall–Kier alpha value is -1.36. The number of carbonyl (C=O) groups excluding carboxylic acids is 1. The number of nitrogens with one attached hydrogen (secondary N) is 1. The molecule has 1 aromatic carbocycles. The number of anilines is 1. The number of hydrogen-bond acceptors (Lipinski definition) is 2. The van der Waals surface area contributed by atoms with Crippen molar-refractivity contribution in [3.8, 4) is 0 Å². The zero-order valence-electron chi connectivity index (χ0n) is 10.2. The summed E-state index contributed by atoms with van der Waals surface area (Å²) in [4.78, 5) is 22.8. The molecule has 1 atom stereocenters. The minimum atomic E-state index is -1.01. The maximum atomic E-state index is 11.9. The Labute approximate surface area is 114 Å². The molecule has 2 rings (SSSR count). The van der Waals surface area contributed by atoms with Gasteiger partial charge in [0.05, 0.1) is 11.3 Å². The van der Waals surface area contributed by atoms with Crippen LogP contribution < -0.4 is 5.32 Å². The molecule has 4 nitrogen and oxygen atoms in total. The Morgan fingerprint density at radius 2 is 2.06 bits per heavy atom. The van der Waals surface area contributed by atoms with E-state index in [1.165, 1.54) is 12.1 Å². The molecule has 0 heterocycles. The van der Waals surface area contributed by atoms with E-state index in [1.807, 2.05) is 13.8 Å². The van der Waals surface area contributed by atoms with E-state index in [2.05, 4.69) is 21.2 Å². The molecule has 96 valence electrons. The topological polar surface area (TPSA) is 66.4 Å². The molecular formula is C13H14BrNO3. The van der Waals surface area contributed by atoms with Crippen LogP contribution in [0, 0.1) is 11.3 Å². The fourth-order valence-corrected chi connectivity index (χ4v) is 2.23. The monoisotopic (exact) mass is 311 g/mol. The van der Waals surface area contributed by atoms with E-state index >= 15 is 0 Å². The van der Waals surface area contributed by atoms with Gasteiger partial charge in [-0.25, -0.2) is 4.79 Å². The lowest BCUT2D eigenvalue weighted by atomic mass is 10.1. The molecule has 2 N–H and O–H groups in total. The fraction of sp³-hybridized carbons (Fsp3) is 0.385. The molecular weight excluding hydrogens is 298 g/mol. The van der Waals surface area contributed by atoms with Gasteiger partial charge in [0.2, 0.25) is 5.91 Å². The Balaban J connectivity index is 2.16. The van der Waals surface area contributed by atoms with Crippen LogP contribution in [0.3, 0.4) is 0 Å². The third-order valence-electron chi connectivity index (χ3n) is 3.30. The molecule has 0 aliphatic heterocycles. The number of carbonyl (C=O) groups is 2. The second-order valence-electron chi connectivity index (χ2n) is 5.23. The molecule has 1 amide bonds. The first-order chi connectivity index (χ1) is 8.31. The molecule has 0 spiro atoms. The molecule has 0 aromatic heterocycles. The van der Waals surface area contributed by atoms with Gasteiger partial charge in [-0.2, -0.15) is 0 Å². The van der Waals surface area contributed by atoms with Crippen LogP contribution in [0.2, 0.25) is 0 Å². The number of amides is 1. The smallest absolute Gasteiger partial charge is 0.335 e. The van der Waals surface area contributed by atoms with Crippen molar-refractivity contribution in [3.63, 3.8) is 0 Å². The average Bonchev–Trinajstić information content (AvgIpc) is 2.90. The van der Waals surface area contributed by atoms with Gasteiger partial charge in [0.15, 0.2) is 0 Å². The summed E-state index contributed by atoms with van der Waals surface area (Å²) in [6.45, 7) is 4.08. The summed E-state index contributed by atoms with van der Waals surface area (Å²) in [5.74, 6) is -1.05. The summed E-state index contributed by atoms with van der Waals surface area (Å²) in [7, 11) is 0. The minimum absolute atomic E-state index is 0.0119. The molecule has 0 bridgehead atoms. The van der Waals surface area contributed by atoms with Crippen LogP contribution in [0.25, 0.3) is 0 Å². The van der Waals surface area contributed by atoms with E-state index in [1.54, 1.807) is 6.07 Å². The lowest BCUT2D eigenvalue weighted by molar-refractivity contribution is -0.118. The van der Waals surface area contributed by atoms with Crippen LogP contribution >= 0.6 is 15.9 Å². The molecule has 1 aromatic rings. The van der Waals surface area contributed by atoms with Gasteiger partial charge in [-0.05, 0) is 46.0 Å². The molecule has 18 heavy (non-hydrogen) atoms. The highest BCUT2D eigenvalue weighted by Crippen LogP contribution is 2.52. The van der Waals surface area contributed by atoms with Crippen LogP contribution in [0.4, 0.5) is 5.69 Å². The van der Waals surface area contributed by atoms with Crippen LogP contribution in [-0.4, -0.2) is 17.0 Å². The summed E-state index contributed by atoms with van der Waals surface area (Å²) in [6, 6.07) is 4.57. The maximum Gasteiger partial charge on any atom is 0.335 e. The molecule has 0 radical (unpaired) electrons. The van der Waals surface area contributed by atoms with Crippen molar-refractivity contribution in [1.82, 2.24) is 0 Å². The number of rotatable bonds is 3. The predicted octanol–water partition coefficient (Wildman–Crippen LogP) is 3.13. The van der Waals surface area contributed by atoms with Gasteiger partial charge in [-0.1, -0.05) is 13.8 Å². The number of benzene rings is 1. The lowest BCUT2D eigenvalue weighted by Crippen LogP contribution is -2.17. The van der Waals surface area contributed by atoms with Crippen LogP contribution in [-0.2, 0) is 4.79 Å². The molecule has 1 unspecified atom stereocenters. The van der Waals surface area contributed by atoms with E-state index in [-0.39, 0.29) is 22.8 Å². The molecule has 5 heteroatoms. The highest BCUT2D eigenvalue weighted by atomic mass is 79.9. The second kappa shape index (κ2) is 4.39. The van der Waals surface area contributed by atoms with Crippen molar-refractivity contribution in [3.05, 3.63) is 28.2 Å². The predicted molar refractivity (Wildman–Crippen MR) is 71.6 cm³/mol. The Bertz CT molecular complexity index is 525. The molecule has 1 fully saturated rings. The van der Waals surface area contributed by atoms with E-state index < -0.39 is 5.97 Å². The maximum absolute atomic E-state index is 11.9. The Kier molecular flexibility index (Phi) is 3.19. The second-order valence-corrected chi connectivity index (χ2v) is 6.09. The summed E-state index contributed by atoms with van der Waals surface area (Å²) in [5.41, 5.74) is 0.715. The molecule has 1 aliphatic rings. The summed E-state index contributed by atoms with van der Waals surface area (Å²) in [5, 5.41) is 11.7. The third kappa shape index (κ3) is 2.56. The minimum Gasteiger partial charge on any atom is -0.478 e. The van der Waals surface area contributed by atoms with Gasteiger partial charge >= 0.3 is 5.97 Å². The zero-order chi connectivity index (χ0) is 13.5. The van der Waals surface area contributed by atoms with Crippen LogP contribution in [0.1, 0.15) is 30.6 Å². The van der Waals surface area contributed by atoms with Crippen molar-refractivity contribution in [1.29, 1.82) is 0 Å². The normalized spacial score (nSPS) is 20.3. The first-order valence-electron chi connectivity index (χ1n) is 5.65. The van der Waals surface area contributed by atoms with Gasteiger partial charge < -0.3 is 10.4 Å². The van der Waals surface area contributed by atoms with Crippen molar-refractivity contribution < 1.29 is 14.7 Å². The third-order valence-corrected chi connectivity index (χ3v) is 3.99. The zero-order valence-corrected chi connectivity index (χ0v) is 11.7. The summed E-state index contributed by atoms with van der Waals surface area (Å²) < 4.78 is 0.680. The van der Waals surface area contributed by atoms with E-state index in [0.717, 1.165) is 6.42 Å². The fourth-order valence-electron chi connectivity index (χ4n) is 1.89. The standard InChI is InChI=1S/C13H14BrNO3/c1-13(2)6-8(13)11(16)15-10-5-7(12(17)18)3-4-9(10)14/h3-5,8H,6H2,1-2H3,(H,15,16)(H,17,18). The van der Waals surface area contributed by atoms with E-state index in [4.69, 9.17) is 5.11 Å². The number of carboxylic acid groups (broad SMARTS) is 1. The van der Waals surface area contributed by atoms with Crippen molar-refractivity contribution >= 4 is 33.5 Å². The summed E-state index contributed by atoms with van der Waals surface area (Å²) in [6.07, 6.45) is 0.870. The van der Waals surface area contributed by atoms with Crippen molar-refractivity contribution in [2.75, 3.05) is 5.32 Å². The SMILES string of the molecule is CC1(C)CC1C(=O)Nc1cc(C(=O)O)ccc1Br. The van der Waals surface area contributed by atoms with Gasteiger partial charge in [0.1, 0.15) is 0 Å². The number of hydrogen-bond donors (Lipinski definition) is 2. The Morgan fingerprint density at radius 1 is 1.44 bits per heavy atom. The van der Waals surface area contributed by atoms with Gasteiger partial charge in [0, 0.05) is 10.4 Å². The molecule has 1 aliphatic carbocycles. The molecule has 0 saturated heterocycles. The highest BCUT2D eigenvalue weighted by Gasteiger charge is 2.50. The number of carboxylic acids is 1. The average molecular weight is 312 g/mol. The Morgan fingerprint density at radius 3 is 2.56 bits per heavy atom. The quantitative estimate of drug-likeness (QED) is 0.901. The van der Waals surface area contributed by atoms with Crippen molar-refractivity contribution in [2.24, 2.45) is 11.3 Å². The van der Waals surface area contributed by atoms with Gasteiger partial charge in [0.25, 0.3) is 0 Å². The lowest BCUT2D eigenvalue weighted by Gasteiger charge is -2.09. The number of aromatic carboxylic acids is 1. The molecule has 1 saturated carbocycles. The highest BCUT2D eigenvalue weighted by molar-refractivity contribution is 9.10. The number of halogens is 1. The largest absolute Gasteiger partial charge is 0.478 e. The van der Waals surface area contributed by atoms with E-state index in [9.17, 15) is 9.59 Å². The van der Waals surface area contributed by atoms with Crippen LogP contribution in [0.15, 0.2) is 22.7 Å². The van der Waals surface area contributed by atoms with Crippen LogP contribution in [0.5, 0.6) is 0 Å². The van der Waals surface area contributed by atoms with Crippen molar-refractivity contribution in [2.45, 2.75) is 20.3 Å². The summed E-state index contributed by atoms with van der Waals surface area (Å²) >= 11 is 3.30. The van der Waals surface area contributed by atoms with Gasteiger partial charge in [-0.15, -0.1) is 0 Å². The van der Waals surface area contributed by atoms with E-state index in [0.29, 0.717) is 10.2 Å².